The average molecular weight is 729 g/mol. The molecule has 3 aliphatic heterocycles. The lowest BCUT2D eigenvalue weighted by Crippen LogP contribution is -2.54. The average Bonchev–Trinajstić information content (AvgIpc) is 3.84. The highest BCUT2D eigenvalue weighted by Gasteiger charge is 2.45. The van der Waals surface area contributed by atoms with Gasteiger partial charge in [-0.3, -0.25) is 39.0 Å². The Morgan fingerprint density at radius 2 is 1.81 bits per heavy atom. The Labute approximate surface area is 293 Å². The fraction of sp³-hybridized carbons (Fsp3) is 0.424. The predicted octanol–water partition coefficient (Wildman–Crippen LogP) is 1.93. The molecule has 0 aliphatic carbocycles. The first-order valence-electron chi connectivity index (χ1n) is 16.5. The van der Waals surface area contributed by atoms with Gasteiger partial charge in [0.05, 0.1) is 35.5 Å². The van der Waals surface area contributed by atoms with Crippen LogP contribution >= 0.6 is 0 Å². The number of fused-ring (bicyclic) bond motifs is 2. The number of imide groups is 2. The van der Waals surface area contributed by atoms with Crippen LogP contribution in [-0.2, 0) is 38.6 Å². The van der Waals surface area contributed by atoms with Crippen molar-refractivity contribution in [2.45, 2.75) is 76.7 Å². The second kappa shape index (κ2) is 15.6. The molecule has 6 rings (SSSR count). The van der Waals surface area contributed by atoms with Crippen LogP contribution < -0.4 is 10.6 Å². The van der Waals surface area contributed by atoms with Gasteiger partial charge in [0, 0.05) is 32.5 Å². The number of rotatable bonds is 10. The summed E-state index contributed by atoms with van der Waals surface area (Å²) >= 11 is 0. The molecule has 52 heavy (non-hydrogen) atoms. The van der Waals surface area contributed by atoms with Crippen molar-refractivity contribution in [3.8, 4) is 0 Å². The lowest BCUT2D eigenvalue weighted by Gasteiger charge is -2.31. The number of carbonyl (C=O) groups is 7. The third-order valence-corrected chi connectivity index (χ3v) is 8.79. The van der Waals surface area contributed by atoms with Crippen molar-refractivity contribution >= 4 is 41.4 Å². The predicted molar refractivity (Wildman–Crippen MR) is 171 cm³/mol. The Morgan fingerprint density at radius 1 is 1.08 bits per heavy atom. The maximum absolute atomic E-state index is 14.1. The summed E-state index contributed by atoms with van der Waals surface area (Å²) in [6, 6.07) is 2.95. The molecule has 276 valence electrons. The Hall–Kier alpha value is -5.88. The molecule has 5 heterocycles. The van der Waals surface area contributed by atoms with Gasteiger partial charge in [0.15, 0.2) is 6.04 Å². The zero-order valence-electron chi connectivity index (χ0n) is 27.9. The number of carbonyl (C=O) groups excluding carboxylic acids is 6. The zero-order valence-corrected chi connectivity index (χ0v) is 27.9. The summed E-state index contributed by atoms with van der Waals surface area (Å²) in [6.45, 7) is 3.07. The summed E-state index contributed by atoms with van der Waals surface area (Å²) in [7, 11) is 0. The number of carboxylic acids is 1. The zero-order chi connectivity index (χ0) is 37.7. The van der Waals surface area contributed by atoms with E-state index in [1.54, 1.807) is 24.4 Å². The van der Waals surface area contributed by atoms with Gasteiger partial charge in [-0.2, -0.15) is 13.2 Å². The highest BCUT2D eigenvalue weighted by Crippen LogP contribution is 2.29. The van der Waals surface area contributed by atoms with Crippen LogP contribution in [0.3, 0.4) is 0 Å². The summed E-state index contributed by atoms with van der Waals surface area (Å²) in [5.41, 5.74) is 2.05. The number of H-pyrrole nitrogens is 1. The van der Waals surface area contributed by atoms with Crippen LogP contribution in [0.1, 0.15) is 93.4 Å². The molecule has 6 amide bonds. The normalized spacial score (nSPS) is 17.4. The summed E-state index contributed by atoms with van der Waals surface area (Å²) in [4.78, 5) is 101. The summed E-state index contributed by atoms with van der Waals surface area (Å²) in [6.07, 6.45) is 3.22. The van der Waals surface area contributed by atoms with Crippen molar-refractivity contribution in [1.29, 1.82) is 0 Å². The molecular formula is C33H35F3N8O8. The van der Waals surface area contributed by atoms with E-state index in [0.717, 1.165) is 35.6 Å². The SMILES string of the molecule is CCNC(=O)C(c1cnc[nH]1)N(CCCc1ccc2c(c1)C(=O)N(C1CCC(=O)NC1=O)C2=O)C(=O)c1cnc2n1CCCC2.O=C(O)C(F)(F)F. The number of aromatic nitrogens is 4. The van der Waals surface area contributed by atoms with Crippen molar-refractivity contribution in [3.63, 3.8) is 0 Å². The van der Waals surface area contributed by atoms with Gasteiger partial charge in [-0.05, 0) is 56.7 Å². The number of aliphatic carboxylic acids is 1. The Morgan fingerprint density at radius 3 is 2.46 bits per heavy atom. The largest absolute Gasteiger partial charge is 0.490 e. The highest BCUT2D eigenvalue weighted by atomic mass is 19.4. The lowest BCUT2D eigenvalue weighted by atomic mass is 10.0. The van der Waals surface area contributed by atoms with Crippen molar-refractivity contribution in [3.05, 3.63) is 70.8 Å². The molecule has 0 bridgehead atoms. The molecule has 1 saturated heterocycles. The third-order valence-electron chi connectivity index (χ3n) is 8.79. The van der Waals surface area contributed by atoms with Crippen LogP contribution in [0.5, 0.6) is 0 Å². The summed E-state index contributed by atoms with van der Waals surface area (Å²) in [5.74, 6) is -4.82. The van der Waals surface area contributed by atoms with Crippen molar-refractivity contribution in [2.75, 3.05) is 13.1 Å². The van der Waals surface area contributed by atoms with E-state index in [-0.39, 0.29) is 42.3 Å². The van der Waals surface area contributed by atoms with E-state index in [4.69, 9.17) is 9.90 Å². The van der Waals surface area contributed by atoms with Crippen LogP contribution in [0, 0.1) is 0 Å². The molecule has 0 spiro atoms. The van der Waals surface area contributed by atoms with Crippen molar-refractivity contribution < 1.29 is 51.8 Å². The van der Waals surface area contributed by atoms with Gasteiger partial charge in [0.2, 0.25) is 17.7 Å². The number of nitrogens with zero attached hydrogens (tertiary/aromatic N) is 5. The number of hydrogen-bond acceptors (Lipinski definition) is 9. The molecule has 3 aromatic rings. The highest BCUT2D eigenvalue weighted by molar-refractivity contribution is 6.23. The van der Waals surface area contributed by atoms with Crippen LogP contribution in [0.25, 0.3) is 0 Å². The van der Waals surface area contributed by atoms with Gasteiger partial charge in [-0.15, -0.1) is 0 Å². The van der Waals surface area contributed by atoms with E-state index in [1.165, 1.54) is 17.4 Å². The van der Waals surface area contributed by atoms with E-state index in [1.807, 2.05) is 11.5 Å². The molecule has 16 nitrogen and oxygen atoms in total. The Balaban J connectivity index is 0.000000679. The van der Waals surface area contributed by atoms with Gasteiger partial charge in [-0.25, -0.2) is 14.8 Å². The molecule has 19 heteroatoms. The number of nitrogens with one attached hydrogen (secondary N) is 3. The molecule has 0 saturated carbocycles. The second-order valence-corrected chi connectivity index (χ2v) is 12.2. The molecule has 2 atom stereocenters. The number of aromatic amines is 1. The maximum Gasteiger partial charge on any atom is 0.490 e. The number of hydrogen-bond donors (Lipinski definition) is 4. The van der Waals surface area contributed by atoms with Crippen molar-refractivity contribution in [1.82, 2.24) is 40.0 Å². The number of carboxylic acid groups (broad SMARTS) is 1. The van der Waals surface area contributed by atoms with Gasteiger partial charge < -0.3 is 24.9 Å². The van der Waals surface area contributed by atoms with Gasteiger partial charge in [0.1, 0.15) is 17.6 Å². The van der Waals surface area contributed by atoms with E-state index >= 15 is 0 Å². The van der Waals surface area contributed by atoms with Gasteiger partial charge >= 0.3 is 12.1 Å². The summed E-state index contributed by atoms with van der Waals surface area (Å²) < 4.78 is 33.7. The number of aryl methyl sites for hydroxylation is 2. The van der Waals surface area contributed by atoms with Crippen LogP contribution in [-0.4, -0.2) is 101 Å². The van der Waals surface area contributed by atoms with Crippen LogP contribution in [0.4, 0.5) is 13.2 Å². The molecule has 2 unspecified atom stereocenters. The number of alkyl halides is 3. The van der Waals surface area contributed by atoms with E-state index in [0.29, 0.717) is 37.3 Å². The lowest BCUT2D eigenvalue weighted by molar-refractivity contribution is -0.192. The van der Waals surface area contributed by atoms with E-state index in [2.05, 4.69) is 25.6 Å². The van der Waals surface area contributed by atoms with Crippen LogP contribution in [0.15, 0.2) is 36.9 Å². The molecule has 0 radical (unpaired) electrons. The fourth-order valence-corrected chi connectivity index (χ4v) is 6.35. The number of piperidine rings is 1. The topological polar surface area (TPSA) is 217 Å². The van der Waals surface area contributed by atoms with Crippen molar-refractivity contribution in [2.24, 2.45) is 0 Å². The van der Waals surface area contributed by atoms with Gasteiger partial charge in [-0.1, -0.05) is 6.07 Å². The number of benzene rings is 1. The summed E-state index contributed by atoms with van der Waals surface area (Å²) in [5, 5.41) is 12.2. The minimum atomic E-state index is -5.08. The monoisotopic (exact) mass is 728 g/mol. The minimum absolute atomic E-state index is 0.0439. The second-order valence-electron chi connectivity index (χ2n) is 12.2. The molecule has 2 aromatic heterocycles. The van der Waals surface area contributed by atoms with E-state index < -0.39 is 47.9 Å². The third kappa shape index (κ3) is 7.87. The standard InChI is InChI=1S/C31H34N8O6.C2HF3O2/c1-2-33-28(42)26(21-15-32-17-35-21)38(31(45)23-16-34-24-7-3-4-12-37(23)24)13-5-6-18-8-9-19-20(14-18)30(44)39(29(19)43)22-10-11-25(40)36-27(22)41;3-2(4,5)1(6)7/h8-9,14-17,22,26H,2-7,10-13H2,1H3,(H,32,35)(H,33,42)(H,36,40,41);(H,6,7). The number of likely N-dealkylation sites (N-methyl/N-ethyl adjacent to an activating group) is 1. The molecule has 1 aromatic carbocycles. The van der Waals surface area contributed by atoms with E-state index in [9.17, 15) is 41.9 Å². The first-order valence-corrected chi connectivity index (χ1v) is 16.5. The first kappa shape index (κ1) is 37.4. The van der Waals surface area contributed by atoms with Crippen LogP contribution in [0.2, 0.25) is 0 Å². The molecule has 4 N–H and O–H groups in total. The number of amides is 6. The quantitative estimate of drug-likeness (QED) is 0.223. The minimum Gasteiger partial charge on any atom is -0.475 e. The maximum atomic E-state index is 14.1. The fourth-order valence-electron chi connectivity index (χ4n) is 6.35. The molecule has 1 fully saturated rings. The first-order chi connectivity index (χ1) is 24.7. The Kier molecular flexibility index (Phi) is 11.2. The molecule has 3 aliphatic rings. The van der Waals surface area contributed by atoms with Gasteiger partial charge in [0.25, 0.3) is 17.7 Å². The molecular weight excluding hydrogens is 693 g/mol. The number of imidazole rings is 2. The smallest absolute Gasteiger partial charge is 0.475 e. The Bertz CT molecular complexity index is 1890. The number of halogens is 3.